The van der Waals surface area contributed by atoms with E-state index in [1.165, 1.54) is 0 Å². The van der Waals surface area contributed by atoms with E-state index in [1.807, 2.05) is 26.0 Å². The Morgan fingerprint density at radius 2 is 2.22 bits per heavy atom. The van der Waals surface area contributed by atoms with Gasteiger partial charge in [-0.05, 0) is 31.5 Å². The monoisotopic (exact) mass is 263 g/mol. The van der Waals surface area contributed by atoms with Crippen LogP contribution in [-0.4, -0.2) is 16.1 Å². The second kappa shape index (κ2) is 5.23. The number of carbonyl (C=O) groups is 1. The first kappa shape index (κ1) is 12.6. The normalized spacial score (nSPS) is 10.4. The highest BCUT2D eigenvalue weighted by Gasteiger charge is 2.11. The van der Waals surface area contributed by atoms with Crippen LogP contribution < -0.4 is 5.32 Å². The molecule has 0 saturated carbocycles. The number of hydrogen-bond acceptors (Lipinski definition) is 2. The zero-order valence-corrected chi connectivity index (χ0v) is 11.0. The number of halogens is 1. The molecule has 2 N–H and O–H groups in total. The van der Waals surface area contributed by atoms with Crippen LogP contribution in [0.5, 0.6) is 0 Å². The Bertz CT molecular complexity index is 577. The first-order valence-electron chi connectivity index (χ1n) is 5.59. The van der Waals surface area contributed by atoms with Crippen molar-refractivity contribution in [3.05, 3.63) is 46.6 Å². The van der Waals surface area contributed by atoms with E-state index in [1.54, 1.807) is 12.1 Å². The van der Waals surface area contributed by atoms with Gasteiger partial charge in [-0.2, -0.15) is 5.10 Å². The number of rotatable bonds is 3. The molecule has 94 valence electrons. The number of nitrogens with one attached hydrogen (secondary N) is 2. The molecule has 1 heterocycles. The highest BCUT2D eigenvalue weighted by Crippen LogP contribution is 2.15. The van der Waals surface area contributed by atoms with Crippen LogP contribution in [0.2, 0.25) is 0 Å². The number of aromatic nitrogens is 2. The molecule has 2 aromatic rings. The van der Waals surface area contributed by atoms with Crippen molar-refractivity contribution in [1.82, 2.24) is 10.2 Å². The van der Waals surface area contributed by atoms with Crippen molar-refractivity contribution < 1.29 is 4.79 Å². The summed E-state index contributed by atoms with van der Waals surface area (Å²) in [6.07, 6.45) is 0. The van der Waals surface area contributed by atoms with Gasteiger partial charge in [-0.25, -0.2) is 0 Å². The van der Waals surface area contributed by atoms with Gasteiger partial charge < -0.3 is 5.32 Å². The molecule has 0 atom stereocenters. The van der Waals surface area contributed by atoms with Crippen LogP contribution in [0, 0.1) is 13.8 Å². The number of benzene rings is 1. The molecule has 0 fully saturated rings. The van der Waals surface area contributed by atoms with Gasteiger partial charge in [-0.3, -0.25) is 9.89 Å². The van der Waals surface area contributed by atoms with Crippen molar-refractivity contribution in [2.75, 3.05) is 5.32 Å². The third kappa shape index (κ3) is 2.54. The van der Waals surface area contributed by atoms with Gasteiger partial charge in [0.2, 0.25) is 0 Å². The lowest BCUT2D eigenvalue weighted by Gasteiger charge is -2.04. The summed E-state index contributed by atoms with van der Waals surface area (Å²) >= 11 is 5.74. The van der Waals surface area contributed by atoms with Gasteiger partial charge in [0.25, 0.3) is 5.91 Å². The molecule has 0 radical (unpaired) electrons. The first-order valence-corrected chi connectivity index (χ1v) is 6.13. The van der Waals surface area contributed by atoms with E-state index in [4.69, 9.17) is 11.6 Å². The number of hydrogen-bond donors (Lipinski definition) is 2. The lowest BCUT2D eigenvalue weighted by molar-refractivity contribution is 0.102. The van der Waals surface area contributed by atoms with Crippen molar-refractivity contribution in [1.29, 1.82) is 0 Å². The number of amides is 1. The summed E-state index contributed by atoms with van der Waals surface area (Å²) in [6, 6.07) is 7.22. The fourth-order valence-corrected chi connectivity index (χ4v) is 1.75. The summed E-state index contributed by atoms with van der Waals surface area (Å²) in [4.78, 5) is 12.0. The predicted octanol–water partition coefficient (Wildman–Crippen LogP) is 3.02. The van der Waals surface area contributed by atoms with Gasteiger partial charge >= 0.3 is 0 Å². The molecule has 0 aliphatic heterocycles. The SMILES string of the molecule is Cc1[nH]nc(NC(=O)c2cccc(CCl)c2)c1C. The predicted molar refractivity (Wildman–Crippen MR) is 72.0 cm³/mol. The summed E-state index contributed by atoms with van der Waals surface area (Å²) in [5.74, 6) is 0.770. The molecule has 0 aliphatic carbocycles. The molecule has 0 saturated heterocycles. The zero-order valence-electron chi connectivity index (χ0n) is 10.2. The summed E-state index contributed by atoms with van der Waals surface area (Å²) in [5, 5.41) is 9.65. The van der Waals surface area contributed by atoms with E-state index in [2.05, 4.69) is 15.5 Å². The van der Waals surface area contributed by atoms with Crippen molar-refractivity contribution in [2.24, 2.45) is 0 Å². The Morgan fingerprint density at radius 3 is 2.83 bits per heavy atom. The number of aromatic amines is 1. The van der Waals surface area contributed by atoms with Gasteiger partial charge in [0, 0.05) is 22.7 Å². The molecule has 0 spiro atoms. The van der Waals surface area contributed by atoms with Crippen LogP contribution in [-0.2, 0) is 5.88 Å². The van der Waals surface area contributed by atoms with Gasteiger partial charge in [0.15, 0.2) is 5.82 Å². The number of H-pyrrole nitrogens is 1. The maximum absolute atomic E-state index is 12.0. The molecule has 0 unspecified atom stereocenters. The Balaban J connectivity index is 2.19. The van der Waals surface area contributed by atoms with Crippen LogP contribution in [0.3, 0.4) is 0 Å². The minimum atomic E-state index is -0.184. The fourth-order valence-electron chi connectivity index (χ4n) is 1.58. The van der Waals surface area contributed by atoms with Gasteiger partial charge in [-0.15, -0.1) is 11.6 Å². The van der Waals surface area contributed by atoms with E-state index in [9.17, 15) is 4.79 Å². The quantitative estimate of drug-likeness (QED) is 0.837. The third-order valence-corrected chi connectivity index (χ3v) is 3.14. The molecule has 4 nitrogen and oxygen atoms in total. The molecule has 18 heavy (non-hydrogen) atoms. The third-order valence-electron chi connectivity index (χ3n) is 2.83. The number of nitrogens with zero attached hydrogens (tertiary/aromatic N) is 1. The second-order valence-electron chi connectivity index (χ2n) is 4.11. The van der Waals surface area contributed by atoms with Gasteiger partial charge in [-0.1, -0.05) is 12.1 Å². The van der Waals surface area contributed by atoms with E-state index in [-0.39, 0.29) is 5.91 Å². The van der Waals surface area contributed by atoms with Crippen LogP contribution in [0.4, 0.5) is 5.82 Å². The number of aryl methyl sites for hydroxylation is 1. The molecular weight excluding hydrogens is 250 g/mol. The topological polar surface area (TPSA) is 57.8 Å². The molecule has 1 aromatic heterocycles. The minimum absolute atomic E-state index is 0.184. The maximum Gasteiger partial charge on any atom is 0.256 e. The first-order chi connectivity index (χ1) is 8.61. The van der Waals surface area contributed by atoms with Crippen molar-refractivity contribution in [3.8, 4) is 0 Å². The maximum atomic E-state index is 12.0. The van der Waals surface area contributed by atoms with Crippen LogP contribution in [0.25, 0.3) is 0 Å². The van der Waals surface area contributed by atoms with Crippen molar-refractivity contribution in [2.45, 2.75) is 19.7 Å². The highest BCUT2D eigenvalue weighted by atomic mass is 35.5. The van der Waals surface area contributed by atoms with E-state index in [0.717, 1.165) is 16.8 Å². The summed E-state index contributed by atoms with van der Waals surface area (Å²) in [5.41, 5.74) is 3.38. The lowest BCUT2D eigenvalue weighted by Crippen LogP contribution is -2.13. The Kier molecular flexibility index (Phi) is 3.67. The summed E-state index contributed by atoms with van der Waals surface area (Å²) in [6.45, 7) is 3.82. The molecule has 0 bridgehead atoms. The van der Waals surface area contributed by atoms with Crippen molar-refractivity contribution in [3.63, 3.8) is 0 Å². The second-order valence-corrected chi connectivity index (χ2v) is 4.38. The van der Waals surface area contributed by atoms with Crippen LogP contribution in [0.15, 0.2) is 24.3 Å². The average Bonchev–Trinajstić information content (AvgIpc) is 2.71. The molecule has 1 amide bonds. The fraction of sp³-hybridized carbons (Fsp3) is 0.231. The molecule has 0 aliphatic rings. The molecular formula is C13H14ClN3O. The summed E-state index contributed by atoms with van der Waals surface area (Å²) in [7, 11) is 0. The largest absolute Gasteiger partial charge is 0.305 e. The van der Waals surface area contributed by atoms with E-state index in [0.29, 0.717) is 17.3 Å². The van der Waals surface area contributed by atoms with Gasteiger partial charge in [0.05, 0.1) is 0 Å². The Hall–Kier alpha value is -1.81. The highest BCUT2D eigenvalue weighted by molar-refractivity contribution is 6.17. The molecule has 1 aromatic carbocycles. The van der Waals surface area contributed by atoms with E-state index < -0.39 is 0 Å². The minimum Gasteiger partial charge on any atom is -0.305 e. The van der Waals surface area contributed by atoms with Gasteiger partial charge in [0.1, 0.15) is 0 Å². The Morgan fingerprint density at radius 1 is 1.44 bits per heavy atom. The van der Waals surface area contributed by atoms with E-state index >= 15 is 0 Å². The lowest BCUT2D eigenvalue weighted by atomic mass is 10.1. The zero-order chi connectivity index (χ0) is 13.1. The standard InChI is InChI=1S/C13H14ClN3O/c1-8-9(2)16-17-12(8)15-13(18)11-5-3-4-10(6-11)7-14/h3-6H,7H2,1-2H3,(H2,15,16,17,18). The summed E-state index contributed by atoms with van der Waals surface area (Å²) < 4.78 is 0. The Labute approximate surface area is 110 Å². The smallest absolute Gasteiger partial charge is 0.256 e. The van der Waals surface area contributed by atoms with Crippen LogP contribution >= 0.6 is 11.6 Å². The van der Waals surface area contributed by atoms with Crippen LogP contribution in [0.1, 0.15) is 27.2 Å². The number of anilines is 1. The van der Waals surface area contributed by atoms with Crippen molar-refractivity contribution >= 4 is 23.3 Å². The molecule has 2 rings (SSSR count). The number of alkyl halides is 1. The average molecular weight is 264 g/mol. The molecule has 5 heteroatoms. The number of carbonyl (C=O) groups excluding carboxylic acids is 1.